The number of rotatable bonds is 4. The van der Waals surface area contributed by atoms with Gasteiger partial charge in [-0.05, 0) is 12.8 Å². The molecule has 0 saturated heterocycles. The van der Waals surface area contributed by atoms with Crippen molar-refractivity contribution in [2.75, 3.05) is 12.4 Å². The van der Waals surface area contributed by atoms with Gasteiger partial charge in [-0.1, -0.05) is 11.8 Å². The summed E-state index contributed by atoms with van der Waals surface area (Å²) in [6.45, 7) is 0.108. The predicted molar refractivity (Wildman–Crippen MR) is 48.9 cm³/mol. The van der Waals surface area contributed by atoms with Gasteiger partial charge >= 0.3 is 5.69 Å². The summed E-state index contributed by atoms with van der Waals surface area (Å²) in [6, 6.07) is 0.340. The molecule has 72 valence electrons. The fraction of sp³-hybridized carbons (Fsp3) is 0.714. The summed E-state index contributed by atoms with van der Waals surface area (Å²) in [7, 11) is 0. The Morgan fingerprint density at radius 2 is 2.46 bits per heavy atom. The van der Waals surface area contributed by atoms with Gasteiger partial charge < -0.3 is 5.11 Å². The maximum absolute atomic E-state index is 11.3. The minimum Gasteiger partial charge on any atom is -0.396 e. The van der Waals surface area contributed by atoms with Crippen LogP contribution in [0, 0.1) is 0 Å². The van der Waals surface area contributed by atoms with Gasteiger partial charge in [0, 0.05) is 11.8 Å². The normalized spacial score (nSPS) is 16.4. The van der Waals surface area contributed by atoms with E-state index in [0.29, 0.717) is 17.0 Å². The summed E-state index contributed by atoms with van der Waals surface area (Å²) in [6.07, 6.45) is 2.12. The third-order valence-corrected chi connectivity index (χ3v) is 2.84. The van der Waals surface area contributed by atoms with E-state index in [1.807, 2.05) is 0 Å². The zero-order chi connectivity index (χ0) is 9.26. The van der Waals surface area contributed by atoms with Crippen LogP contribution in [0.3, 0.4) is 0 Å². The van der Waals surface area contributed by atoms with Crippen LogP contribution in [-0.2, 0) is 0 Å². The van der Waals surface area contributed by atoms with Gasteiger partial charge in [0.1, 0.15) is 0 Å². The highest BCUT2D eigenvalue weighted by molar-refractivity contribution is 7.99. The van der Waals surface area contributed by atoms with Crippen molar-refractivity contribution in [1.82, 2.24) is 14.8 Å². The van der Waals surface area contributed by atoms with Crippen molar-refractivity contribution >= 4 is 11.8 Å². The lowest BCUT2D eigenvalue weighted by Gasteiger charge is -2.00. The molecule has 6 heteroatoms. The number of nitrogens with one attached hydrogen (secondary N) is 1. The number of hydrogen-bond acceptors (Lipinski definition) is 4. The van der Waals surface area contributed by atoms with Gasteiger partial charge in [-0.2, -0.15) is 0 Å². The maximum atomic E-state index is 11.3. The van der Waals surface area contributed by atoms with E-state index < -0.39 is 0 Å². The van der Waals surface area contributed by atoms with Crippen molar-refractivity contribution in [3.8, 4) is 0 Å². The Kier molecular flexibility index (Phi) is 2.41. The Bertz CT molecular complexity index is 342. The largest absolute Gasteiger partial charge is 0.396 e. The van der Waals surface area contributed by atoms with Crippen molar-refractivity contribution in [3.05, 3.63) is 10.5 Å². The van der Waals surface area contributed by atoms with Crippen LogP contribution in [0.4, 0.5) is 0 Å². The first-order chi connectivity index (χ1) is 6.33. The molecule has 5 nitrogen and oxygen atoms in total. The van der Waals surface area contributed by atoms with E-state index in [-0.39, 0.29) is 12.3 Å². The Labute approximate surface area is 79.2 Å². The molecule has 1 aliphatic carbocycles. The van der Waals surface area contributed by atoms with Crippen LogP contribution >= 0.6 is 11.8 Å². The lowest BCUT2D eigenvalue weighted by Crippen LogP contribution is -2.16. The molecule has 0 spiro atoms. The summed E-state index contributed by atoms with van der Waals surface area (Å²) in [5.74, 6) is 0.580. The highest BCUT2D eigenvalue weighted by atomic mass is 32.2. The van der Waals surface area contributed by atoms with Gasteiger partial charge in [-0.3, -0.25) is 4.57 Å². The van der Waals surface area contributed by atoms with Gasteiger partial charge in [0.15, 0.2) is 5.16 Å². The van der Waals surface area contributed by atoms with Crippen LogP contribution in [0.1, 0.15) is 18.9 Å². The van der Waals surface area contributed by atoms with E-state index in [9.17, 15) is 4.79 Å². The predicted octanol–water partition coefficient (Wildman–Crippen LogP) is -0.00930. The van der Waals surface area contributed by atoms with Crippen molar-refractivity contribution in [2.45, 2.75) is 24.0 Å². The van der Waals surface area contributed by atoms with Crippen LogP contribution in [-0.4, -0.2) is 32.2 Å². The Balaban J connectivity index is 2.18. The van der Waals surface area contributed by atoms with Gasteiger partial charge in [0.05, 0.1) is 6.61 Å². The zero-order valence-corrected chi connectivity index (χ0v) is 7.88. The fourth-order valence-corrected chi connectivity index (χ4v) is 1.94. The average Bonchev–Trinajstić information content (AvgIpc) is 2.88. The second-order valence-corrected chi connectivity index (χ2v) is 4.05. The molecule has 1 heterocycles. The molecule has 0 aliphatic heterocycles. The van der Waals surface area contributed by atoms with Crippen molar-refractivity contribution in [1.29, 1.82) is 0 Å². The highest BCUT2D eigenvalue weighted by Crippen LogP contribution is 2.35. The van der Waals surface area contributed by atoms with Gasteiger partial charge in [0.25, 0.3) is 0 Å². The van der Waals surface area contributed by atoms with E-state index in [2.05, 4.69) is 10.2 Å². The summed E-state index contributed by atoms with van der Waals surface area (Å²) in [5, 5.41) is 15.6. The molecular weight excluding hydrogens is 190 g/mol. The van der Waals surface area contributed by atoms with E-state index >= 15 is 0 Å². The van der Waals surface area contributed by atoms with Crippen molar-refractivity contribution in [3.63, 3.8) is 0 Å². The smallest absolute Gasteiger partial charge is 0.344 e. The number of aliphatic hydroxyl groups excluding tert-OH is 1. The topological polar surface area (TPSA) is 70.9 Å². The van der Waals surface area contributed by atoms with Gasteiger partial charge in [-0.15, -0.1) is 5.10 Å². The number of H-pyrrole nitrogens is 1. The Hall–Kier alpha value is -0.750. The first-order valence-electron chi connectivity index (χ1n) is 4.23. The number of aromatic nitrogens is 3. The van der Waals surface area contributed by atoms with Crippen LogP contribution in [0.2, 0.25) is 0 Å². The minimum atomic E-state index is -0.136. The molecule has 13 heavy (non-hydrogen) atoms. The quantitative estimate of drug-likeness (QED) is 0.672. The SMILES string of the molecule is O=c1[nH]nc(SCCO)n1C1CC1. The summed E-state index contributed by atoms with van der Waals surface area (Å²) >= 11 is 1.41. The van der Waals surface area contributed by atoms with E-state index in [4.69, 9.17) is 5.11 Å². The van der Waals surface area contributed by atoms with Gasteiger partial charge in [0.2, 0.25) is 0 Å². The molecule has 2 rings (SSSR count). The van der Waals surface area contributed by atoms with E-state index in [1.54, 1.807) is 4.57 Å². The van der Waals surface area contributed by atoms with Crippen molar-refractivity contribution < 1.29 is 5.11 Å². The second-order valence-electron chi connectivity index (χ2n) is 2.98. The van der Waals surface area contributed by atoms with Gasteiger partial charge in [-0.25, -0.2) is 9.89 Å². The standard InChI is InChI=1S/C7H11N3O2S/c11-3-4-13-7-9-8-6(12)10(7)5-1-2-5/h5,11H,1-4H2,(H,8,12). The number of nitrogens with zero attached hydrogens (tertiary/aromatic N) is 2. The number of hydrogen-bond donors (Lipinski definition) is 2. The number of aliphatic hydroxyl groups is 1. The van der Waals surface area contributed by atoms with Crippen LogP contribution in [0.25, 0.3) is 0 Å². The molecule has 0 amide bonds. The Morgan fingerprint density at radius 1 is 1.69 bits per heavy atom. The summed E-state index contributed by atoms with van der Waals surface area (Å²) in [4.78, 5) is 11.3. The average molecular weight is 201 g/mol. The molecule has 0 radical (unpaired) electrons. The van der Waals surface area contributed by atoms with E-state index in [0.717, 1.165) is 12.8 Å². The van der Waals surface area contributed by atoms with Crippen LogP contribution < -0.4 is 5.69 Å². The first kappa shape index (κ1) is 8.83. The summed E-state index contributed by atoms with van der Waals surface area (Å²) < 4.78 is 1.68. The molecule has 1 aliphatic rings. The maximum Gasteiger partial charge on any atom is 0.344 e. The van der Waals surface area contributed by atoms with E-state index in [1.165, 1.54) is 11.8 Å². The highest BCUT2D eigenvalue weighted by Gasteiger charge is 2.28. The second kappa shape index (κ2) is 3.55. The molecule has 0 bridgehead atoms. The molecule has 0 atom stereocenters. The molecule has 0 aromatic carbocycles. The molecule has 2 N–H and O–H groups in total. The lowest BCUT2D eigenvalue weighted by molar-refractivity contribution is 0.322. The number of aromatic amines is 1. The number of thioether (sulfide) groups is 1. The fourth-order valence-electron chi connectivity index (χ4n) is 1.18. The molecular formula is C7H11N3O2S. The molecule has 1 aromatic rings. The molecule has 1 saturated carbocycles. The third kappa shape index (κ3) is 1.78. The van der Waals surface area contributed by atoms with Crippen molar-refractivity contribution in [2.24, 2.45) is 0 Å². The molecule has 0 unspecified atom stereocenters. The van der Waals surface area contributed by atoms with Crippen LogP contribution in [0.5, 0.6) is 0 Å². The van der Waals surface area contributed by atoms with Crippen LogP contribution in [0.15, 0.2) is 9.95 Å². The monoisotopic (exact) mass is 201 g/mol. The lowest BCUT2D eigenvalue weighted by atomic mass is 10.7. The first-order valence-corrected chi connectivity index (χ1v) is 5.22. The zero-order valence-electron chi connectivity index (χ0n) is 7.06. The molecule has 1 fully saturated rings. The summed E-state index contributed by atoms with van der Waals surface area (Å²) in [5.41, 5.74) is -0.136. The molecule has 1 aromatic heterocycles. The Morgan fingerprint density at radius 3 is 3.08 bits per heavy atom. The third-order valence-electron chi connectivity index (χ3n) is 1.91. The minimum absolute atomic E-state index is 0.108.